The van der Waals surface area contributed by atoms with E-state index in [1.807, 2.05) is 23.9 Å². The molecule has 5 heteroatoms. The maximum atomic E-state index is 4.11. The summed E-state index contributed by atoms with van der Waals surface area (Å²) in [5.41, 5.74) is 2.17. The van der Waals surface area contributed by atoms with E-state index in [1.54, 1.807) is 17.2 Å². The summed E-state index contributed by atoms with van der Waals surface area (Å²) in [5.74, 6) is 2.52. The molecule has 0 aliphatic carbocycles. The SMILES string of the molecule is c1cnn(-c2ccc(NC3CCCSC3)cc2)n1. The van der Waals surface area contributed by atoms with E-state index in [2.05, 4.69) is 27.6 Å². The number of benzene rings is 1. The Bertz CT molecular complexity index is 474. The predicted octanol–water partition coefficient (Wildman–Crippen LogP) is 2.57. The smallest absolute Gasteiger partial charge is 0.0858 e. The number of aromatic nitrogens is 3. The first-order valence-corrected chi connectivity index (χ1v) is 7.38. The van der Waals surface area contributed by atoms with E-state index in [9.17, 15) is 0 Å². The maximum absolute atomic E-state index is 4.11. The molecule has 1 aromatic heterocycles. The Kier molecular flexibility index (Phi) is 3.50. The van der Waals surface area contributed by atoms with Gasteiger partial charge in [-0.1, -0.05) is 0 Å². The van der Waals surface area contributed by atoms with E-state index in [-0.39, 0.29) is 0 Å². The Labute approximate surface area is 111 Å². The van der Waals surface area contributed by atoms with Crippen molar-refractivity contribution in [3.63, 3.8) is 0 Å². The Morgan fingerprint density at radius 3 is 2.61 bits per heavy atom. The maximum Gasteiger partial charge on any atom is 0.0858 e. The van der Waals surface area contributed by atoms with Crippen LogP contribution < -0.4 is 5.32 Å². The van der Waals surface area contributed by atoms with E-state index in [0.717, 1.165) is 5.69 Å². The molecular weight excluding hydrogens is 244 g/mol. The van der Waals surface area contributed by atoms with Crippen molar-refractivity contribution in [2.24, 2.45) is 0 Å². The zero-order valence-corrected chi connectivity index (χ0v) is 10.9. The lowest BCUT2D eigenvalue weighted by atomic mass is 10.1. The predicted molar refractivity (Wildman–Crippen MR) is 75.3 cm³/mol. The summed E-state index contributed by atoms with van der Waals surface area (Å²) in [6.45, 7) is 0. The second kappa shape index (κ2) is 5.44. The first-order chi connectivity index (χ1) is 8.92. The normalized spacial score (nSPS) is 19.7. The number of anilines is 1. The van der Waals surface area contributed by atoms with Crippen LogP contribution in [0.3, 0.4) is 0 Å². The molecule has 0 radical (unpaired) electrons. The van der Waals surface area contributed by atoms with Gasteiger partial charge in [-0.25, -0.2) is 0 Å². The van der Waals surface area contributed by atoms with Crippen LogP contribution in [-0.2, 0) is 0 Å². The van der Waals surface area contributed by atoms with Crippen molar-refractivity contribution < 1.29 is 0 Å². The second-order valence-electron chi connectivity index (χ2n) is 4.42. The second-order valence-corrected chi connectivity index (χ2v) is 5.57. The van der Waals surface area contributed by atoms with Crippen molar-refractivity contribution in [1.82, 2.24) is 15.0 Å². The average Bonchev–Trinajstić information content (AvgIpc) is 2.95. The Morgan fingerprint density at radius 1 is 1.17 bits per heavy atom. The molecule has 1 aromatic carbocycles. The topological polar surface area (TPSA) is 42.7 Å². The lowest BCUT2D eigenvalue weighted by Gasteiger charge is -2.23. The summed E-state index contributed by atoms with van der Waals surface area (Å²) in [6, 6.07) is 8.88. The molecule has 1 atom stereocenters. The van der Waals surface area contributed by atoms with E-state index in [0.29, 0.717) is 6.04 Å². The zero-order valence-electron chi connectivity index (χ0n) is 10.1. The molecule has 1 aliphatic rings. The largest absolute Gasteiger partial charge is 0.381 e. The van der Waals surface area contributed by atoms with Crippen LogP contribution in [0, 0.1) is 0 Å². The lowest BCUT2D eigenvalue weighted by Crippen LogP contribution is -2.25. The van der Waals surface area contributed by atoms with Gasteiger partial charge in [0.05, 0.1) is 18.1 Å². The number of nitrogens with one attached hydrogen (secondary N) is 1. The monoisotopic (exact) mass is 260 g/mol. The highest BCUT2D eigenvalue weighted by molar-refractivity contribution is 7.99. The molecule has 2 heterocycles. The molecule has 1 aliphatic heterocycles. The molecule has 4 nitrogen and oxygen atoms in total. The van der Waals surface area contributed by atoms with Gasteiger partial charge in [0, 0.05) is 17.5 Å². The van der Waals surface area contributed by atoms with Gasteiger partial charge in [0.25, 0.3) is 0 Å². The minimum absolute atomic E-state index is 0.609. The minimum Gasteiger partial charge on any atom is -0.381 e. The molecule has 94 valence electrons. The molecular formula is C13H16N4S. The van der Waals surface area contributed by atoms with Gasteiger partial charge in [-0.2, -0.15) is 26.8 Å². The van der Waals surface area contributed by atoms with E-state index in [1.165, 1.54) is 30.0 Å². The van der Waals surface area contributed by atoms with E-state index in [4.69, 9.17) is 0 Å². The Morgan fingerprint density at radius 2 is 1.94 bits per heavy atom. The molecule has 0 spiro atoms. The minimum atomic E-state index is 0.609. The Balaban J connectivity index is 1.67. The summed E-state index contributed by atoms with van der Waals surface area (Å²) in [7, 11) is 0. The first kappa shape index (κ1) is 11.6. The molecule has 0 saturated carbocycles. The fourth-order valence-electron chi connectivity index (χ4n) is 2.13. The highest BCUT2D eigenvalue weighted by atomic mass is 32.2. The van der Waals surface area contributed by atoms with Crippen LogP contribution in [0.25, 0.3) is 5.69 Å². The van der Waals surface area contributed by atoms with Crippen LogP contribution in [0.1, 0.15) is 12.8 Å². The summed E-state index contributed by atoms with van der Waals surface area (Å²) in [4.78, 5) is 1.63. The lowest BCUT2D eigenvalue weighted by molar-refractivity contribution is 0.685. The van der Waals surface area contributed by atoms with Crippen LogP contribution in [0.2, 0.25) is 0 Å². The van der Waals surface area contributed by atoms with Crippen LogP contribution in [-0.4, -0.2) is 32.5 Å². The first-order valence-electron chi connectivity index (χ1n) is 6.23. The van der Waals surface area contributed by atoms with Crippen molar-refractivity contribution in [3.05, 3.63) is 36.7 Å². The standard InChI is InChI=1S/C13H16N4S/c1-2-12(10-18-9-1)16-11-3-5-13(6-4-11)17-14-7-8-15-17/h3-8,12,16H,1-2,9-10H2. The number of hydrogen-bond acceptors (Lipinski definition) is 4. The molecule has 1 unspecified atom stereocenters. The van der Waals surface area contributed by atoms with E-state index >= 15 is 0 Å². The average molecular weight is 260 g/mol. The molecule has 1 N–H and O–H groups in total. The van der Waals surface area contributed by atoms with Gasteiger partial charge in [0.1, 0.15) is 0 Å². The molecule has 1 fully saturated rings. The number of hydrogen-bond donors (Lipinski definition) is 1. The van der Waals surface area contributed by atoms with Gasteiger partial charge in [-0.15, -0.1) is 0 Å². The molecule has 0 amide bonds. The van der Waals surface area contributed by atoms with Gasteiger partial charge in [-0.05, 0) is 42.9 Å². The summed E-state index contributed by atoms with van der Waals surface area (Å²) in [6.07, 6.45) is 5.96. The van der Waals surface area contributed by atoms with Crippen LogP contribution in [0.4, 0.5) is 5.69 Å². The molecule has 18 heavy (non-hydrogen) atoms. The third-order valence-electron chi connectivity index (χ3n) is 3.05. The van der Waals surface area contributed by atoms with Crippen LogP contribution in [0.5, 0.6) is 0 Å². The van der Waals surface area contributed by atoms with Gasteiger partial charge >= 0.3 is 0 Å². The quantitative estimate of drug-likeness (QED) is 0.921. The number of rotatable bonds is 3. The van der Waals surface area contributed by atoms with Crippen molar-refractivity contribution in [3.8, 4) is 5.69 Å². The van der Waals surface area contributed by atoms with Crippen molar-refractivity contribution >= 4 is 17.4 Å². The number of nitrogens with zero attached hydrogens (tertiary/aromatic N) is 3. The molecule has 2 aromatic rings. The van der Waals surface area contributed by atoms with Crippen LogP contribution in [0.15, 0.2) is 36.7 Å². The molecule has 0 bridgehead atoms. The van der Waals surface area contributed by atoms with Crippen molar-refractivity contribution in [1.29, 1.82) is 0 Å². The van der Waals surface area contributed by atoms with Gasteiger partial charge in [-0.3, -0.25) is 0 Å². The summed E-state index contributed by atoms with van der Waals surface area (Å²) >= 11 is 2.04. The number of thioether (sulfide) groups is 1. The summed E-state index contributed by atoms with van der Waals surface area (Å²) < 4.78 is 0. The highest BCUT2D eigenvalue weighted by Gasteiger charge is 2.13. The Hall–Kier alpha value is -1.49. The fourth-order valence-corrected chi connectivity index (χ4v) is 3.20. The van der Waals surface area contributed by atoms with Crippen LogP contribution >= 0.6 is 11.8 Å². The fraction of sp³-hybridized carbons (Fsp3) is 0.385. The van der Waals surface area contributed by atoms with Gasteiger partial charge < -0.3 is 5.32 Å². The summed E-state index contributed by atoms with van der Waals surface area (Å²) in [5, 5.41) is 11.8. The third kappa shape index (κ3) is 2.67. The van der Waals surface area contributed by atoms with Gasteiger partial charge in [0.2, 0.25) is 0 Å². The highest BCUT2D eigenvalue weighted by Crippen LogP contribution is 2.21. The van der Waals surface area contributed by atoms with Crippen molar-refractivity contribution in [2.75, 3.05) is 16.8 Å². The van der Waals surface area contributed by atoms with E-state index < -0.39 is 0 Å². The molecule has 3 rings (SSSR count). The third-order valence-corrected chi connectivity index (χ3v) is 4.26. The van der Waals surface area contributed by atoms with Gasteiger partial charge in [0.15, 0.2) is 0 Å². The van der Waals surface area contributed by atoms with Crippen molar-refractivity contribution in [2.45, 2.75) is 18.9 Å². The molecule has 1 saturated heterocycles. The zero-order chi connectivity index (χ0) is 12.2.